The number of ether oxygens (including phenoxy) is 1. The summed E-state index contributed by atoms with van der Waals surface area (Å²) in [6, 6.07) is 5.96. The Hall–Kier alpha value is -1.59. The highest BCUT2D eigenvalue weighted by Crippen LogP contribution is 2.22. The van der Waals surface area contributed by atoms with Crippen LogP contribution in [0, 0.1) is 0 Å². The average Bonchev–Trinajstić information content (AvgIpc) is 2.47. The third-order valence-electron chi connectivity index (χ3n) is 4.24. The molecule has 1 aromatic rings. The maximum atomic E-state index is 11.3. The van der Waals surface area contributed by atoms with E-state index in [1.807, 2.05) is 6.07 Å². The van der Waals surface area contributed by atoms with Crippen LogP contribution < -0.4 is 4.74 Å². The number of hydrogen-bond acceptors (Lipinski definition) is 4. The van der Waals surface area contributed by atoms with Crippen molar-refractivity contribution in [3.05, 3.63) is 29.3 Å². The normalized spacial score (nSPS) is 17.1. The van der Waals surface area contributed by atoms with Crippen LogP contribution in [0.5, 0.6) is 5.75 Å². The Kier molecular flexibility index (Phi) is 5.20. The minimum Gasteiger partial charge on any atom is -0.496 e. The van der Waals surface area contributed by atoms with Gasteiger partial charge in [0, 0.05) is 12.6 Å². The van der Waals surface area contributed by atoms with Crippen molar-refractivity contribution >= 4 is 5.97 Å². The first-order valence-corrected chi connectivity index (χ1v) is 7.30. The van der Waals surface area contributed by atoms with E-state index in [9.17, 15) is 9.90 Å². The Morgan fingerprint density at radius 2 is 2.10 bits per heavy atom. The van der Waals surface area contributed by atoms with Gasteiger partial charge in [-0.05, 0) is 57.7 Å². The highest BCUT2D eigenvalue weighted by Gasteiger charge is 2.21. The van der Waals surface area contributed by atoms with Crippen LogP contribution in [0.2, 0.25) is 0 Å². The second kappa shape index (κ2) is 6.91. The standard InChI is InChI=1S/C16H24N2O3/c1-17-8-6-13(7-9-17)18(2)11-12-4-5-15(21-3)14(10-12)16(19)20/h4-5,10,13H,6-9,11H2,1-3H3,(H,19,20). The number of rotatable bonds is 5. The lowest BCUT2D eigenvalue weighted by atomic mass is 10.0. The fraction of sp³-hybridized carbons (Fsp3) is 0.562. The molecule has 0 bridgehead atoms. The summed E-state index contributed by atoms with van der Waals surface area (Å²) in [6.07, 6.45) is 2.32. The largest absolute Gasteiger partial charge is 0.496 e. The van der Waals surface area contributed by atoms with Crippen molar-refractivity contribution in [3.8, 4) is 5.75 Å². The van der Waals surface area contributed by atoms with Gasteiger partial charge in [-0.25, -0.2) is 4.79 Å². The van der Waals surface area contributed by atoms with Crippen LogP contribution in [0.1, 0.15) is 28.8 Å². The van der Waals surface area contributed by atoms with Crippen molar-refractivity contribution in [2.75, 3.05) is 34.3 Å². The zero-order valence-corrected chi connectivity index (χ0v) is 13.0. The quantitative estimate of drug-likeness (QED) is 0.898. The lowest BCUT2D eigenvalue weighted by molar-refractivity contribution is 0.0693. The molecular weight excluding hydrogens is 268 g/mol. The van der Waals surface area contributed by atoms with Crippen LogP contribution in [0.25, 0.3) is 0 Å². The van der Waals surface area contributed by atoms with E-state index in [1.165, 1.54) is 7.11 Å². The van der Waals surface area contributed by atoms with Gasteiger partial charge in [0.15, 0.2) is 0 Å². The Labute approximate surface area is 126 Å². The monoisotopic (exact) mass is 292 g/mol. The van der Waals surface area contributed by atoms with Gasteiger partial charge in [0.25, 0.3) is 0 Å². The third kappa shape index (κ3) is 3.95. The van der Waals surface area contributed by atoms with Gasteiger partial charge in [-0.1, -0.05) is 6.07 Å². The first kappa shape index (κ1) is 15.8. The number of hydrogen-bond donors (Lipinski definition) is 1. The molecule has 5 heteroatoms. The SMILES string of the molecule is COc1ccc(CN(C)C2CCN(C)CC2)cc1C(=O)O. The molecule has 0 radical (unpaired) electrons. The van der Waals surface area contributed by atoms with E-state index in [0.717, 1.165) is 38.0 Å². The third-order valence-corrected chi connectivity index (χ3v) is 4.24. The topological polar surface area (TPSA) is 53.0 Å². The van der Waals surface area contributed by atoms with Gasteiger partial charge in [-0.15, -0.1) is 0 Å². The van der Waals surface area contributed by atoms with Crippen LogP contribution in [-0.4, -0.2) is 61.2 Å². The molecular formula is C16H24N2O3. The van der Waals surface area contributed by atoms with Crippen LogP contribution in [0.15, 0.2) is 18.2 Å². The van der Waals surface area contributed by atoms with E-state index < -0.39 is 5.97 Å². The average molecular weight is 292 g/mol. The van der Waals surface area contributed by atoms with Crippen molar-refractivity contribution in [1.82, 2.24) is 9.80 Å². The highest BCUT2D eigenvalue weighted by molar-refractivity contribution is 5.91. The van der Waals surface area contributed by atoms with E-state index in [4.69, 9.17) is 4.74 Å². The van der Waals surface area contributed by atoms with Crippen LogP contribution in [0.3, 0.4) is 0 Å². The minimum atomic E-state index is -0.948. The van der Waals surface area contributed by atoms with Crippen molar-refractivity contribution in [2.45, 2.75) is 25.4 Å². The molecule has 0 aliphatic carbocycles. The summed E-state index contributed by atoms with van der Waals surface area (Å²) in [5.41, 5.74) is 1.24. The molecule has 0 saturated carbocycles. The number of likely N-dealkylation sites (tertiary alicyclic amines) is 1. The van der Waals surface area contributed by atoms with Gasteiger partial charge in [0.2, 0.25) is 0 Å². The van der Waals surface area contributed by atoms with Gasteiger partial charge in [-0.3, -0.25) is 4.90 Å². The first-order chi connectivity index (χ1) is 10.0. The summed E-state index contributed by atoms with van der Waals surface area (Å²) >= 11 is 0. The lowest BCUT2D eigenvalue weighted by Gasteiger charge is -2.35. The maximum absolute atomic E-state index is 11.3. The molecule has 1 saturated heterocycles. The Morgan fingerprint density at radius 3 is 2.67 bits per heavy atom. The molecule has 1 aliphatic heterocycles. The molecule has 0 atom stereocenters. The predicted molar refractivity (Wildman–Crippen MR) is 81.9 cm³/mol. The Morgan fingerprint density at radius 1 is 1.43 bits per heavy atom. The van der Waals surface area contributed by atoms with Crippen molar-refractivity contribution in [1.29, 1.82) is 0 Å². The van der Waals surface area contributed by atoms with Gasteiger partial charge in [0.05, 0.1) is 7.11 Å². The number of aromatic carboxylic acids is 1. The fourth-order valence-electron chi connectivity index (χ4n) is 2.87. The second-order valence-electron chi connectivity index (χ2n) is 5.79. The van der Waals surface area contributed by atoms with E-state index in [-0.39, 0.29) is 5.56 Å². The Balaban J connectivity index is 2.05. The van der Waals surface area contributed by atoms with E-state index >= 15 is 0 Å². The molecule has 1 heterocycles. The predicted octanol–water partition coefficient (Wildman–Crippen LogP) is 1.92. The van der Waals surface area contributed by atoms with E-state index in [0.29, 0.717) is 11.8 Å². The molecule has 0 amide bonds. The molecule has 1 fully saturated rings. The Bertz CT molecular complexity index is 496. The highest BCUT2D eigenvalue weighted by atomic mass is 16.5. The molecule has 1 aromatic carbocycles. The van der Waals surface area contributed by atoms with Crippen molar-refractivity contribution in [3.63, 3.8) is 0 Å². The molecule has 2 rings (SSSR count). The number of nitrogens with zero attached hydrogens (tertiary/aromatic N) is 2. The second-order valence-corrected chi connectivity index (χ2v) is 5.79. The molecule has 1 N–H and O–H groups in total. The summed E-state index contributed by atoms with van der Waals surface area (Å²) in [6.45, 7) is 3.01. The summed E-state index contributed by atoms with van der Waals surface area (Å²) < 4.78 is 5.09. The first-order valence-electron chi connectivity index (χ1n) is 7.30. The summed E-state index contributed by atoms with van der Waals surface area (Å²) in [5, 5.41) is 9.23. The summed E-state index contributed by atoms with van der Waals surface area (Å²) in [4.78, 5) is 15.9. The van der Waals surface area contributed by atoms with Crippen molar-refractivity contribution < 1.29 is 14.6 Å². The molecule has 0 aromatic heterocycles. The van der Waals surface area contributed by atoms with Gasteiger partial charge in [-0.2, -0.15) is 0 Å². The van der Waals surface area contributed by atoms with E-state index in [2.05, 4.69) is 23.9 Å². The number of carbonyl (C=O) groups is 1. The van der Waals surface area contributed by atoms with Gasteiger partial charge in [0.1, 0.15) is 11.3 Å². The zero-order valence-electron chi connectivity index (χ0n) is 13.0. The molecule has 0 unspecified atom stereocenters. The number of methoxy groups -OCH3 is 1. The zero-order chi connectivity index (χ0) is 15.4. The minimum absolute atomic E-state index is 0.228. The smallest absolute Gasteiger partial charge is 0.339 e. The fourth-order valence-corrected chi connectivity index (χ4v) is 2.87. The summed E-state index contributed by atoms with van der Waals surface area (Å²) in [7, 11) is 5.76. The van der Waals surface area contributed by atoms with Crippen LogP contribution in [-0.2, 0) is 6.54 Å². The molecule has 5 nitrogen and oxygen atoms in total. The number of carboxylic acid groups (broad SMARTS) is 1. The van der Waals surface area contributed by atoms with Gasteiger partial charge >= 0.3 is 5.97 Å². The van der Waals surface area contributed by atoms with Crippen LogP contribution in [0.4, 0.5) is 0 Å². The number of piperidine rings is 1. The number of carboxylic acids is 1. The molecule has 21 heavy (non-hydrogen) atoms. The number of benzene rings is 1. The van der Waals surface area contributed by atoms with Crippen molar-refractivity contribution in [2.24, 2.45) is 0 Å². The molecule has 0 spiro atoms. The van der Waals surface area contributed by atoms with Gasteiger partial charge < -0.3 is 14.7 Å². The van der Waals surface area contributed by atoms with Crippen LogP contribution >= 0.6 is 0 Å². The van der Waals surface area contributed by atoms with E-state index in [1.54, 1.807) is 12.1 Å². The lowest BCUT2D eigenvalue weighted by Crippen LogP contribution is -2.41. The maximum Gasteiger partial charge on any atom is 0.339 e. The molecule has 1 aliphatic rings. The molecule has 116 valence electrons. The summed E-state index contributed by atoms with van der Waals surface area (Å²) in [5.74, 6) is -0.538.